The Morgan fingerprint density at radius 1 is 0.688 bits per heavy atom. The van der Waals surface area contributed by atoms with Gasteiger partial charge in [0.2, 0.25) is 0 Å². The molecule has 8 atom stereocenters. The zero-order valence-corrected chi connectivity index (χ0v) is 43.2. The average Bonchev–Trinajstić information content (AvgIpc) is 3.63. The van der Waals surface area contributed by atoms with E-state index in [1.807, 2.05) is 0 Å². The van der Waals surface area contributed by atoms with Gasteiger partial charge in [-0.1, -0.05) is 181 Å². The molecule has 0 spiro atoms. The smallest absolute Gasteiger partial charge is 0.308 e. The lowest BCUT2D eigenvalue weighted by Gasteiger charge is -2.55. The third-order valence-corrected chi connectivity index (χ3v) is 17.3. The highest BCUT2D eigenvalue weighted by molar-refractivity contribution is 5.72. The molecule has 0 aromatic heterocycles. The lowest BCUT2D eigenvalue weighted by molar-refractivity contribution is -0.151. The minimum Gasteiger partial charge on any atom is -0.465 e. The number of aliphatic hydroxyl groups excluding tert-OH is 1. The molecule has 4 aliphatic carbocycles. The minimum atomic E-state index is -0.0127. The maximum absolute atomic E-state index is 13.0. The molecule has 6 nitrogen and oxygen atoms in total. The number of carbonyl (C=O) groups excluding carboxylic acids is 2. The van der Waals surface area contributed by atoms with Crippen molar-refractivity contribution in [2.45, 2.75) is 254 Å². The number of aliphatic hydroxyl groups is 1. The fraction of sp³-hybridized carbons (Fsp3) is 0.897. The van der Waals surface area contributed by atoms with Crippen LogP contribution in [0.1, 0.15) is 248 Å². The number of rotatable bonds is 35. The number of fused-ring (bicyclic) bond motifs is 5. The van der Waals surface area contributed by atoms with E-state index >= 15 is 0 Å². The molecule has 0 radical (unpaired) electrons. The number of carbonyl (C=O) groups is 2. The summed E-state index contributed by atoms with van der Waals surface area (Å²) < 4.78 is 12.0. The van der Waals surface area contributed by atoms with Crippen molar-refractivity contribution in [1.82, 2.24) is 4.90 Å². The predicted octanol–water partition coefficient (Wildman–Crippen LogP) is 15.5. The molecule has 64 heavy (non-hydrogen) atoms. The van der Waals surface area contributed by atoms with E-state index in [4.69, 9.17) is 9.47 Å². The first-order chi connectivity index (χ1) is 31.0. The first kappa shape index (κ1) is 54.9. The Kier molecular flexibility index (Phi) is 25.7. The van der Waals surface area contributed by atoms with Crippen LogP contribution >= 0.6 is 0 Å². The molecule has 0 bridgehead atoms. The number of unbranched alkanes of at least 4 members (excludes halogenated alkanes) is 14. The van der Waals surface area contributed by atoms with E-state index < -0.39 is 0 Å². The van der Waals surface area contributed by atoms with Gasteiger partial charge in [0.05, 0.1) is 19.1 Å². The summed E-state index contributed by atoms with van der Waals surface area (Å²) in [5.41, 5.74) is 3.99. The topological polar surface area (TPSA) is 76.1 Å². The van der Waals surface area contributed by atoms with Gasteiger partial charge in [0.15, 0.2) is 0 Å². The van der Waals surface area contributed by atoms with Crippen LogP contribution in [0.5, 0.6) is 0 Å². The summed E-state index contributed by atoms with van der Waals surface area (Å²) in [7, 11) is 0. The van der Waals surface area contributed by atoms with Crippen LogP contribution < -0.4 is 0 Å². The van der Waals surface area contributed by atoms with Crippen molar-refractivity contribution in [1.29, 1.82) is 0 Å². The molecule has 0 amide bonds. The molecule has 0 saturated heterocycles. The van der Waals surface area contributed by atoms with Crippen LogP contribution in [-0.4, -0.2) is 60.9 Å². The van der Waals surface area contributed by atoms with Gasteiger partial charge in [-0.05, 0) is 131 Å². The summed E-state index contributed by atoms with van der Waals surface area (Å²) in [6.07, 6.45) is 41.0. The zero-order valence-electron chi connectivity index (χ0n) is 43.2. The van der Waals surface area contributed by atoms with Crippen LogP contribution in [0.25, 0.3) is 0 Å². The first-order valence-electron chi connectivity index (χ1n) is 28.1. The Hall–Kier alpha value is -1.66. The van der Waals surface area contributed by atoms with Crippen LogP contribution in [0, 0.1) is 46.3 Å². The molecule has 3 fully saturated rings. The van der Waals surface area contributed by atoms with Crippen LogP contribution in [0.15, 0.2) is 23.3 Å². The van der Waals surface area contributed by atoms with Gasteiger partial charge in [-0.15, -0.1) is 0 Å². The fourth-order valence-electron chi connectivity index (χ4n) is 13.2. The molecule has 0 aromatic rings. The highest BCUT2D eigenvalue weighted by Crippen LogP contribution is 2.66. The number of hydrogen-bond donors (Lipinski definition) is 1. The Morgan fingerprint density at radius 3 is 2.02 bits per heavy atom. The van der Waals surface area contributed by atoms with Crippen molar-refractivity contribution in [3.8, 4) is 0 Å². The maximum Gasteiger partial charge on any atom is 0.308 e. The zero-order chi connectivity index (χ0) is 46.2. The van der Waals surface area contributed by atoms with Gasteiger partial charge in [0.1, 0.15) is 6.10 Å². The SMILES string of the molecule is CCCCCCCCC(CCCCCC)C(=O)OCCCCCCN(CCO)CCCCCCC(=O)OC1CCC2(C)C(=CC=C3C2CCC2(C)C3CCC2C(C)CCCC(C)C)C1. The standard InChI is InChI=1S/C58H103NO5/c1-8-10-12-14-15-21-30-48(29-20-13-11-9-2)56(62)63-44-25-19-18-24-41-59(42-43-60)40-23-17-16-22-31-55(61)64-50-36-38-57(6)49(45-50)32-33-51-53-35-34-52(47(5)28-26-27-46(3)4)58(53,7)39-37-54(51)57/h32-33,46-48,50,52-54,60H,8-31,34-45H2,1-7H3. The molecule has 0 aliphatic heterocycles. The third kappa shape index (κ3) is 17.5. The lowest BCUT2D eigenvalue weighted by atomic mass is 9.50. The fourth-order valence-corrected chi connectivity index (χ4v) is 13.2. The van der Waals surface area contributed by atoms with Gasteiger partial charge in [0.25, 0.3) is 0 Å². The van der Waals surface area contributed by atoms with Crippen LogP contribution in [0.3, 0.4) is 0 Å². The highest BCUT2D eigenvalue weighted by atomic mass is 16.5. The van der Waals surface area contributed by atoms with Gasteiger partial charge in [-0.2, -0.15) is 0 Å². The Labute approximate surface area is 395 Å². The number of allylic oxidation sites excluding steroid dienone is 3. The van der Waals surface area contributed by atoms with E-state index in [1.165, 1.54) is 102 Å². The van der Waals surface area contributed by atoms with E-state index in [0.29, 0.717) is 24.4 Å². The van der Waals surface area contributed by atoms with Crippen molar-refractivity contribution < 1.29 is 24.2 Å². The average molecular weight is 894 g/mol. The maximum atomic E-state index is 13.0. The number of ether oxygens (including phenoxy) is 2. The summed E-state index contributed by atoms with van der Waals surface area (Å²) in [6, 6.07) is 0. The second-order valence-corrected chi connectivity index (χ2v) is 22.7. The molecule has 1 N–H and O–H groups in total. The van der Waals surface area contributed by atoms with Gasteiger partial charge < -0.3 is 19.5 Å². The van der Waals surface area contributed by atoms with Gasteiger partial charge >= 0.3 is 11.9 Å². The Bertz CT molecular complexity index is 1370. The van der Waals surface area contributed by atoms with Crippen LogP contribution in [0.2, 0.25) is 0 Å². The van der Waals surface area contributed by atoms with E-state index in [-0.39, 0.29) is 36.0 Å². The molecule has 0 heterocycles. The number of hydrogen-bond acceptors (Lipinski definition) is 6. The van der Waals surface area contributed by atoms with Crippen LogP contribution in [0.4, 0.5) is 0 Å². The van der Waals surface area contributed by atoms with E-state index in [0.717, 1.165) is 140 Å². The molecule has 370 valence electrons. The summed E-state index contributed by atoms with van der Waals surface area (Å²) in [6.45, 7) is 20.4. The molecular formula is C58H103NO5. The second-order valence-electron chi connectivity index (χ2n) is 22.7. The summed E-state index contributed by atoms with van der Waals surface area (Å²) in [5, 5.41) is 9.71. The van der Waals surface area contributed by atoms with Gasteiger partial charge in [0, 0.05) is 19.4 Å². The van der Waals surface area contributed by atoms with E-state index in [2.05, 4.69) is 65.5 Å². The molecule has 4 aliphatic rings. The molecule has 8 unspecified atom stereocenters. The molecule has 4 rings (SSSR count). The second kappa shape index (κ2) is 30.0. The quantitative estimate of drug-likeness (QED) is 0.0505. The Balaban J connectivity index is 1.07. The largest absolute Gasteiger partial charge is 0.465 e. The van der Waals surface area contributed by atoms with Crippen molar-refractivity contribution in [3.63, 3.8) is 0 Å². The first-order valence-corrected chi connectivity index (χ1v) is 28.1. The molecular weight excluding hydrogens is 791 g/mol. The summed E-state index contributed by atoms with van der Waals surface area (Å²) in [4.78, 5) is 28.4. The van der Waals surface area contributed by atoms with Crippen molar-refractivity contribution in [3.05, 3.63) is 23.3 Å². The normalized spacial score (nSPS) is 26.2. The highest BCUT2D eigenvalue weighted by Gasteiger charge is 2.57. The van der Waals surface area contributed by atoms with E-state index in [1.54, 1.807) is 5.57 Å². The number of esters is 2. The lowest BCUT2D eigenvalue weighted by Crippen LogP contribution is -2.46. The monoisotopic (exact) mass is 894 g/mol. The predicted molar refractivity (Wildman–Crippen MR) is 269 cm³/mol. The molecule has 3 saturated carbocycles. The van der Waals surface area contributed by atoms with Crippen molar-refractivity contribution in [2.24, 2.45) is 46.3 Å². The molecule has 0 aromatic carbocycles. The van der Waals surface area contributed by atoms with E-state index in [9.17, 15) is 14.7 Å². The van der Waals surface area contributed by atoms with Gasteiger partial charge in [-0.25, -0.2) is 0 Å². The minimum absolute atomic E-state index is 0.0127. The van der Waals surface area contributed by atoms with Crippen molar-refractivity contribution >= 4 is 11.9 Å². The van der Waals surface area contributed by atoms with Crippen molar-refractivity contribution in [2.75, 3.05) is 32.8 Å². The third-order valence-electron chi connectivity index (χ3n) is 17.3. The summed E-state index contributed by atoms with van der Waals surface area (Å²) in [5.74, 6) is 4.02. The van der Waals surface area contributed by atoms with Crippen LogP contribution in [-0.2, 0) is 19.1 Å². The summed E-state index contributed by atoms with van der Waals surface area (Å²) >= 11 is 0. The molecule has 6 heteroatoms. The Morgan fingerprint density at radius 2 is 1.33 bits per heavy atom. The number of nitrogens with zero attached hydrogens (tertiary/aromatic N) is 1. The van der Waals surface area contributed by atoms with Gasteiger partial charge in [-0.3, -0.25) is 9.59 Å².